The van der Waals surface area contributed by atoms with Crippen LogP contribution >= 0.6 is 23.4 Å². The Kier molecular flexibility index (Phi) is 7.59. The normalized spacial score (nSPS) is 16.1. The Labute approximate surface area is 170 Å². The summed E-state index contributed by atoms with van der Waals surface area (Å²) >= 11 is 8.21. The molecular weight excluding hydrogens is 380 g/mol. The minimum absolute atomic E-state index is 0.0299. The van der Waals surface area contributed by atoms with E-state index in [4.69, 9.17) is 16.3 Å². The minimum atomic E-state index is -0.0592. The zero-order valence-electron chi connectivity index (χ0n) is 15.5. The maximum Gasteiger partial charge on any atom is 0.251 e. The number of hydrogen-bond donors (Lipinski definition) is 1. The highest BCUT2D eigenvalue weighted by Gasteiger charge is 2.25. The van der Waals surface area contributed by atoms with Crippen molar-refractivity contribution in [2.24, 2.45) is 0 Å². The van der Waals surface area contributed by atoms with Crippen molar-refractivity contribution >= 4 is 29.3 Å². The lowest BCUT2D eigenvalue weighted by Gasteiger charge is -2.35. The van der Waals surface area contributed by atoms with Gasteiger partial charge in [-0.1, -0.05) is 41.9 Å². The summed E-state index contributed by atoms with van der Waals surface area (Å²) in [6.07, 6.45) is 2.07. The number of nitrogens with zero attached hydrogens (tertiary/aromatic N) is 1. The van der Waals surface area contributed by atoms with Gasteiger partial charge in [0.15, 0.2) is 0 Å². The Hall–Kier alpha value is -1.53. The third-order valence-corrected chi connectivity index (χ3v) is 5.70. The van der Waals surface area contributed by atoms with Crippen LogP contribution in [0.3, 0.4) is 0 Å². The van der Waals surface area contributed by atoms with E-state index in [9.17, 15) is 4.79 Å². The van der Waals surface area contributed by atoms with Crippen LogP contribution in [0.1, 0.15) is 27.5 Å². The summed E-state index contributed by atoms with van der Waals surface area (Å²) in [6.45, 7) is 3.57. The Bertz CT molecular complexity index is 748. The van der Waals surface area contributed by atoms with Crippen molar-refractivity contribution in [3.8, 4) is 0 Å². The maximum atomic E-state index is 12.6. The van der Waals surface area contributed by atoms with Crippen LogP contribution in [0.5, 0.6) is 0 Å². The van der Waals surface area contributed by atoms with Crippen LogP contribution in [0.2, 0.25) is 5.02 Å². The number of halogens is 1. The van der Waals surface area contributed by atoms with Gasteiger partial charge in [-0.05, 0) is 35.6 Å². The summed E-state index contributed by atoms with van der Waals surface area (Å²) in [4.78, 5) is 15.0. The number of benzene rings is 2. The highest BCUT2D eigenvalue weighted by atomic mass is 35.5. The minimum Gasteiger partial charge on any atom is -0.379 e. The van der Waals surface area contributed by atoms with E-state index in [0.29, 0.717) is 25.3 Å². The van der Waals surface area contributed by atoms with E-state index in [1.807, 2.05) is 48.5 Å². The molecule has 6 heteroatoms. The molecule has 3 rings (SSSR count). The zero-order chi connectivity index (χ0) is 19.1. The molecule has 1 saturated heterocycles. The van der Waals surface area contributed by atoms with Crippen LogP contribution in [0.15, 0.2) is 48.5 Å². The first-order valence-corrected chi connectivity index (χ1v) is 10.9. The van der Waals surface area contributed by atoms with Crippen molar-refractivity contribution in [2.75, 3.05) is 39.1 Å². The predicted molar refractivity (Wildman–Crippen MR) is 113 cm³/mol. The van der Waals surface area contributed by atoms with Gasteiger partial charge in [-0.2, -0.15) is 11.8 Å². The number of nitrogens with one attached hydrogen (secondary N) is 1. The van der Waals surface area contributed by atoms with Gasteiger partial charge in [0.25, 0.3) is 5.91 Å². The van der Waals surface area contributed by atoms with E-state index in [2.05, 4.69) is 16.5 Å². The molecule has 0 unspecified atom stereocenters. The van der Waals surface area contributed by atoms with Gasteiger partial charge in [0.05, 0.1) is 19.3 Å². The second-order valence-corrected chi connectivity index (χ2v) is 7.80. The first kappa shape index (κ1) is 20.2. The third kappa shape index (κ3) is 5.48. The van der Waals surface area contributed by atoms with Gasteiger partial charge < -0.3 is 10.1 Å². The van der Waals surface area contributed by atoms with Crippen LogP contribution in [0, 0.1) is 0 Å². The lowest BCUT2D eigenvalue weighted by molar-refractivity contribution is 0.0162. The average Bonchev–Trinajstić information content (AvgIpc) is 2.71. The molecule has 2 aromatic carbocycles. The van der Waals surface area contributed by atoms with E-state index in [1.54, 1.807) is 11.8 Å². The SMILES string of the molecule is CSCc1ccc(C(=O)NC[C@H](c2ccccc2Cl)N2CCOCC2)cc1. The molecule has 1 fully saturated rings. The van der Waals surface area contributed by atoms with Gasteiger partial charge in [0, 0.05) is 36.0 Å². The molecule has 0 spiro atoms. The lowest BCUT2D eigenvalue weighted by Crippen LogP contribution is -2.44. The Morgan fingerprint density at radius 3 is 2.56 bits per heavy atom. The van der Waals surface area contributed by atoms with Crippen molar-refractivity contribution in [3.63, 3.8) is 0 Å². The molecule has 1 heterocycles. The van der Waals surface area contributed by atoms with Crippen molar-refractivity contribution in [3.05, 3.63) is 70.2 Å². The van der Waals surface area contributed by atoms with Gasteiger partial charge in [0.2, 0.25) is 0 Å². The molecule has 27 heavy (non-hydrogen) atoms. The summed E-state index contributed by atoms with van der Waals surface area (Å²) in [5.74, 6) is 0.893. The number of amides is 1. The van der Waals surface area contributed by atoms with Crippen molar-refractivity contribution in [1.29, 1.82) is 0 Å². The first-order chi connectivity index (χ1) is 13.2. The zero-order valence-corrected chi connectivity index (χ0v) is 17.1. The summed E-state index contributed by atoms with van der Waals surface area (Å²) in [5.41, 5.74) is 2.94. The standard InChI is InChI=1S/C21H25ClN2O2S/c1-27-15-16-6-8-17(9-7-16)21(25)23-14-20(24-10-12-26-13-11-24)18-4-2-3-5-19(18)22/h2-9,20H,10-15H2,1H3,(H,23,25)/t20-/m1/s1. The van der Waals surface area contributed by atoms with E-state index >= 15 is 0 Å². The fourth-order valence-electron chi connectivity index (χ4n) is 3.28. The highest BCUT2D eigenvalue weighted by molar-refractivity contribution is 7.97. The molecule has 0 bridgehead atoms. The molecule has 1 amide bonds. The highest BCUT2D eigenvalue weighted by Crippen LogP contribution is 2.27. The Morgan fingerprint density at radius 1 is 1.19 bits per heavy atom. The predicted octanol–water partition coefficient (Wildman–Crippen LogP) is 4.01. The lowest BCUT2D eigenvalue weighted by atomic mass is 10.0. The number of carbonyl (C=O) groups is 1. The molecule has 0 aromatic heterocycles. The summed E-state index contributed by atoms with van der Waals surface area (Å²) in [5, 5.41) is 3.81. The van der Waals surface area contributed by atoms with Crippen LogP contribution in [-0.2, 0) is 10.5 Å². The maximum absolute atomic E-state index is 12.6. The Balaban J connectivity index is 1.70. The fraction of sp³-hybridized carbons (Fsp3) is 0.381. The van der Waals surface area contributed by atoms with Gasteiger partial charge in [-0.25, -0.2) is 0 Å². The van der Waals surface area contributed by atoms with Gasteiger partial charge in [-0.15, -0.1) is 0 Å². The van der Waals surface area contributed by atoms with E-state index in [1.165, 1.54) is 5.56 Å². The van der Waals surface area contributed by atoms with Gasteiger partial charge >= 0.3 is 0 Å². The van der Waals surface area contributed by atoms with Gasteiger partial charge in [0.1, 0.15) is 0 Å². The molecule has 2 aromatic rings. The summed E-state index contributed by atoms with van der Waals surface area (Å²) < 4.78 is 5.48. The molecule has 0 saturated carbocycles. The monoisotopic (exact) mass is 404 g/mol. The van der Waals surface area contributed by atoms with Crippen LogP contribution in [0.25, 0.3) is 0 Å². The van der Waals surface area contributed by atoms with Gasteiger partial charge in [-0.3, -0.25) is 9.69 Å². The van der Waals surface area contributed by atoms with E-state index < -0.39 is 0 Å². The Morgan fingerprint density at radius 2 is 1.89 bits per heavy atom. The molecule has 0 aliphatic carbocycles. The second-order valence-electron chi connectivity index (χ2n) is 6.53. The molecule has 1 atom stereocenters. The number of ether oxygens (including phenoxy) is 1. The number of carbonyl (C=O) groups excluding carboxylic acids is 1. The molecule has 1 aliphatic rings. The topological polar surface area (TPSA) is 41.6 Å². The molecule has 0 radical (unpaired) electrons. The van der Waals surface area contributed by atoms with Crippen LogP contribution < -0.4 is 5.32 Å². The van der Waals surface area contributed by atoms with E-state index in [-0.39, 0.29) is 11.9 Å². The van der Waals surface area contributed by atoms with Crippen LogP contribution in [0.4, 0.5) is 0 Å². The number of hydrogen-bond acceptors (Lipinski definition) is 4. The van der Waals surface area contributed by atoms with Crippen molar-refractivity contribution in [2.45, 2.75) is 11.8 Å². The van der Waals surface area contributed by atoms with Crippen LogP contribution in [-0.4, -0.2) is 49.9 Å². The molecule has 4 nitrogen and oxygen atoms in total. The fourth-order valence-corrected chi connectivity index (χ4v) is 4.07. The van der Waals surface area contributed by atoms with E-state index in [0.717, 1.165) is 29.4 Å². The molecule has 1 aliphatic heterocycles. The van der Waals surface area contributed by atoms with Crippen molar-refractivity contribution < 1.29 is 9.53 Å². The number of thioether (sulfide) groups is 1. The average molecular weight is 405 g/mol. The number of morpholine rings is 1. The second kappa shape index (κ2) is 10.1. The smallest absolute Gasteiger partial charge is 0.251 e. The third-order valence-electron chi connectivity index (χ3n) is 4.73. The summed E-state index contributed by atoms with van der Waals surface area (Å²) in [6, 6.07) is 15.7. The summed E-state index contributed by atoms with van der Waals surface area (Å²) in [7, 11) is 0. The molecular formula is C21H25ClN2O2S. The van der Waals surface area contributed by atoms with Crippen molar-refractivity contribution in [1.82, 2.24) is 10.2 Å². The largest absolute Gasteiger partial charge is 0.379 e. The molecule has 144 valence electrons. The quantitative estimate of drug-likeness (QED) is 0.757. The first-order valence-electron chi connectivity index (χ1n) is 9.11. The molecule has 1 N–H and O–H groups in total. The number of rotatable bonds is 7.